The van der Waals surface area contributed by atoms with Crippen molar-refractivity contribution < 1.29 is 4.79 Å². The molecule has 0 bridgehead atoms. The van der Waals surface area contributed by atoms with Crippen molar-refractivity contribution in [3.8, 4) is 0 Å². The number of anilines is 1. The predicted molar refractivity (Wildman–Crippen MR) is 95.8 cm³/mol. The van der Waals surface area contributed by atoms with Crippen LogP contribution in [0, 0.1) is 0 Å². The molecule has 0 saturated heterocycles. The summed E-state index contributed by atoms with van der Waals surface area (Å²) in [6, 6.07) is 11.0. The number of rotatable bonds is 3. The van der Waals surface area contributed by atoms with Crippen LogP contribution >= 0.6 is 46.3 Å². The molecule has 2 aromatic carbocycles. The molecule has 0 unspecified atom stereocenters. The second-order valence-electron chi connectivity index (χ2n) is 4.41. The van der Waals surface area contributed by atoms with Gasteiger partial charge < -0.3 is 0 Å². The number of thiazole rings is 1. The molecule has 0 fully saturated rings. The molecule has 22 heavy (non-hydrogen) atoms. The molecule has 1 aromatic heterocycles. The molecule has 1 heterocycles. The SMILES string of the molecule is CSc1cccc(C(=O)Nc2nc3c(Cl)c(Cl)ccc3s2)c1. The van der Waals surface area contributed by atoms with E-state index in [-0.39, 0.29) is 5.91 Å². The highest BCUT2D eigenvalue weighted by Crippen LogP contribution is 2.35. The van der Waals surface area contributed by atoms with Gasteiger partial charge in [-0.3, -0.25) is 10.1 Å². The number of halogens is 2. The van der Waals surface area contributed by atoms with E-state index < -0.39 is 0 Å². The summed E-state index contributed by atoms with van der Waals surface area (Å²) in [5, 5.41) is 4.15. The first-order valence-corrected chi connectivity index (χ1v) is 9.08. The standard InChI is InChI=1S/C15H10Cl2N2OS2/c1-21-9-4-2-3-8(7-9)14(20)19-15-18-13-11(22-15)6-5-10(16)12(13)17/h2-7H,1H3,(H,18,19,20). The number of thioether (sulfide) groups is 1. The van der Waals surface area contributed by atoms with Gasteiger partial charge in [-0.1, -0.05) is 40.6 Å². The Kier molecular flexibility index (Phi) is 4.59. The number of aromatic nitrogens is 1. The third-order valence-corrected chi connectivity index (χ3v) is 5.46. The van der Waals surface area contributed by atoms with Gasteiger partial charge in [0.15, 0.2) is 5.13 Å². The molecule has 0 atom stereocenters. The van der Waals surface area contributed by atoms with Crippen LogP contribution in [0.5, 0.6) is 0 Å². The molecule has 7 heteroatoms. The quantitative estimate of drug-likeness (QED) is 0.613. The molecular weight excluding hydrogens is 359 g/mol. The lowest BCUT2D eigenvalue weighted by molar-refractivity contribution is 0.102. The molecule has 1 N–H and O–H groups in total. The van der Waals surface area contributed by atoms with E-state index >= 15 is 0 Å². The highest BCUT2D eigenvalue weighted by molar-refractivity contribution is 7.98. The van der Waals surface area contributed by atoms with Crippen LogP contribution < -0.4 is 5.32 Å². The maximum absolute atomic E-state index is 12.3. The lowest BCUT2D eigenvalue weighted by Crippen LogP contribution is -2.11. The Morgan fingerprint density at radius 2 is 2.09 bits per heavy atom. The Hall–Kier alpha value is -1.27. The Bertz CT molecular complexity index is 864. The van der Waals surface area contributed by atoms with Gasteiger partial charge in [0, 0.05) is 10.5 Å². The molecule has 1 amide bonds. The minimum atomic E-state index is -0.197. The Balaban J connectivity index is 1.89. The van der Waals surface area contributed by atoms with Crippen molar-refractivity contribution >= 4 is 67.6 Å². The Labute approximate surface area is 145 Å². The zero-order chi connectivity index (χ0) is 15.7. The van der Waals surface area contributed by atoms with Crippen LogP contribution in [0.15, 0.2) is 41.3 Å². The number of hydrogen-bond donors (Lipinski definition) is 1. The fourth-order valence-electron chi connectivity index (χ4n) is 1.92. The van der Waals surface area contributed by atoms with Gasteiger partial charge in [0.2, 0.25) is 0 Å². The number of amides is 1. The number of fused-ring (bicyclic) bond motifs is 1. The lowest BCUT2D eigenvalue weighted by Gasteiger charge is -2.03. The first-order valence-electron chi connectivity index (χ1n) is 6.28. The minimum Gasteiger partial charge on any atom is -0.298 e. The molecule has 0 radical (unpaired) electrons. The largest absolute Gasteiger partial charge is 0.298 e. The average molecular weight is 369 g/mol. The zero-order valence-electron chi connectivity index (χ0n) is 11.4. The number of nitrogens with one attached hydrogen (secondary N) is 1. The monoisotopic (exact) mass is 368 g/mol. The van der Waals surface area contributed by atoms with Crippen LogP contribution in [0.2, 0.25) is 10.0 Å². The van der Waals surface area contributed by atoms with Gasteiger partial charge in [0.1, 0.15) is 5.52 Å². The van der Waals surface area contributed by atoms with Crippen molar-refractivity contribution in [3.05, 3.63) is 52.0 Å². The number of carbonyl (C=O) groups excluding carboxylic acids is 1. The second kappa shape index (κ2) is 6.46. The van der Waals surface area contributed by atoms with Gasteiger partial charge in [0.25, 0.3) is 5.91 Å². The topological polar surface area (TPSA) is 42.0 Å². The summed E-state index contributed by atoms with van der Waals surface area (Å²) in [5.41, 5.74) is 1.20. The summed E-state index contributed by atoms with van der Waals surface area (Å²) < 4.78 is 0.877. The van der Waals surface area contributed by atoms with Crippen LogP contribution in [0.3, 0.4) is 0 Å². The van der Waals surface area contributed by atoms with E-state index in [9.17, 15) is 4.79 Å². The Morgan fingerprint density at radius 3 is 2.86 bits per heavy atom. The maximum atomic E-state index is 12.3. The van der Waals surface area contributed by atoms with E-state index in [4.69, 9.17) is 23.2 Å². The van der Waals surface area contributed by atoms with Gasteiger partial charge in [-0.25, -0.2) is 4.98 Å². The van der Waals surface area contributed by atoms with E-state index in [0.717, 1.165) is 9.60 Å². The molecule has 0 aliphatic carbocycles. The third kappa shape index (κ3) is 3.08. The van der Waals surface area contributed by atoms with Crippen molar-refractivity contribution in [1.29, 1.82) is 0 Å². The van der Waals surface area contributed by atoms with Crippen LogP contribution in [0.4, 0.5) is 5.13 Å². The predicted octanol–water partition coefficient (Wildman–Crippen LogP) is 5.58. The minimum absolute atomic E-state index is 0.197. The Morgan fingerprint density at radius 1 is 1.27 bits per heavy atom. The molecule has 3 aromatic rings. The third-order valence-electron chi connectivity index (χ3n) is 3.00. The molecule has 0 aliphatic rings. The second-order valence-corrected chi connectivity index (χ2v) is 7.11. The summed E-state index contributed by atoms with van der Waals surface area (Å²) in [6.07, 6.45) is 1.97. The molecule has 0 aliphatic heterocycles. The molecular formula is C15H10Cl2N2OS2. The summed E-state index contributed by atoms with van der Waals surface area (Å²) in [7, 11) is 0. The smallest absolute Gasteiger partial charge is 0.257 e. The van der Waals surface area contributed by atoms with E-state index in [1.54, 1.807) is 23.9 Å². The highest BCUT2D eigenvalue weighted by atomic mass is 35.5. The van der Waals surface area contributed by atoms with E-state index in [1.165, 1.54) is 11.3 Å². The zero-order valence-corrected chi connectivity index (χ0v) is 14.5. The first-order chi connectivity index (χ1) is 10.6. The van der Waals surface area contributed by atoms with Crippen molar-refractivity contribution in [1.82, 2.24) is 4.98 Å². The average Bonchev–Trinajstić information content (AvgIpc) is 2.94. The first kappa shape index (κ1) is 15.6. The van der Waals surface area contributed by atoms with Crippen molar-refractivity contribution in [2.75, 3.05) is 11.6 Å². The summed E-state index contributed by atoms with van der Waals surface area (Å²) >= 11 is 15.1. The van der Waals surface area contributed by atoms with Crippen LogP contribution in [-0.4, -0.2) is 17.1 Å². The fourth-order valence-corrected chi connectivity index (χ4v) is 3.67. The van der Waals surface area contributed by atoms with E-state index in [2.05, 4.69) is 10.3 Å². The summed E-state index contributed by atoms with van der Waals surface area (Å²) in [5.74, 6) is -0.197. The maximum Gasteiger partial charge on any atom is 0.257 e. The van der Waals surface area contributed by atoms with Gasteiger partial charge in [-0.2, -0.15) is 0 Å². The number of nitrogens with zero attached hydrogens (tertiary/aromatic N) is 1. The summed E-state index contributed by atoms with van der Waals surface area (Å²) in [4.78, 5) is 17.7. The van der Waals surface area contributed by atoms with Crippen LogP contribution in [0.1, 0.15) is 10.4 Å². The van der Waals surface area contributed by atoms with Gasteiger partial charge in [0.05, 0.1) is 14.7 Å². The molecule has 3 rings (SSSR count). The molecule has 0 spiro atoms. The highest BCUT2D eigenvalue weighted by Gasteiger charge is 2.13. The normalized spacial score (nSPS) is 10.9. The fraction of sp³-hybridized carbons (Fsp3) is 0.0667. The van der Waals surface area contributed by atoms with Crippen LogP contribution in [0.25, 0.3) is 10.2 Å². The van der Waals surface area contributed by atoms with E-state index in [1.807, 2.05) is 30.5 Å². The van der Waals surface area contributed by atoms with Gasteiger partial charge in [-0.05, 0) is 36.6 Å². The summed E-state index contributed by atoms with van der Waals surface area (Å²) in [6.45, 7) is 0. The van der Waals surface area contributed by atoms with Crippen molar-refractivity contribution in [2.24, 2.45) is 0 Å². The van der Waals surface area contributed by atoms with Crippen molar-refractivity contribution in [3.63, 3.8) is 0 Å². The van der Waals surface area contributed by atoms with Crippen LogP contribution in [-0.2, 0) is 0 Å². The van der Waals surface area contributed by atoms with Gasteiger partial charge in [-0.15, -0.1) is 11.8 Å². The molecule has 112 valence electrons. The van der Waals surface area contributed by atoms with Crippen molar-refractivity contribution in [2.45, 2.75) is 4.90 Å². The van der Waals surface area contributed by atoms with E-state index in [0.29, 0.717) is 26.3 Å². The molecule has 3 nitrogen and oxygen atoms in total. The number of hydrogen-bond acceptors (Lipinski definition) is 4. The number of carbonyl (C=O) groups is 1. The number of benzene rings is 2. The lowest BCUT2D eigenvalue weighted by atomic mass is 10.2. The molecule has 0 saturated carbocycles. The van der Waals surface area contributed by atoms with Gasteiger partial charge >= 0.3 is 0 Å².